The van der Waals surface area contributed by atoms with Crippen LogP contribution >= 0.6 is 0 Å². The Morgan fingerprint density at radius 1 is 1.03 bits per heavy atom. The Morgan fingerprint density at radius 2 is 1.71 bits per heavy atom. The highest BCUT2D eigenvalue weighted by molar-refractivity contribution is 7.89. The number of rotatable bonds is 8. The molecule has 182 valence electrons. The quantitative estimate of drug-likeness (QED) is 0.476. The van der Waals surface area contributed by atoms with E-state index in [9.17, 15) is 13.2 Å². The number of carbonyl (C=O) groups is 1. The lowest BCUT2D eigenvalue weighted by Crippen LogP contribution is -2.40. The smallest absolute Gasteiger partial charge is 0.248 e. The van der Waals surface area contributed by atoms with Crippen LogP contribution in [0.5, 0.6) is 17.4 Å². The number of morpholine rings is 1. The number of nitrogens with zero attached hydrogens (tertiary/aromatic N) is 2. The summed E-state index contributed by atoms with van der Waals surface area (Å²) in [6, 6.07) is 16.7. The van der Waals surface area contributed by atoms with Crippen LogP contribution in [0, 0.1) is 0 Å². The molecule has 3 aromatic rings. The maximum absolute atomic E-state index is 12.7. The molecular weight excluding hydrogens is 470 g/mol. The summed E-state index contributed by atoms with van der Waals surface area (Å²) in [6.07, 6.45) is 4.52. The molecule has 10 heteroatoms. The summed E-state index contributed by atoms with van der Waals surface area (Å²) >= 11 is 0. The minimum absolute atomic E-state index is 0.205. The second-order valence-corrected chi connectivity index (χ2v) is 9.48. The fourth-order valence-electron chi connectivity index (χ4n) is 3.36. The number of methoxy groups -OCH3 is 1. The van der Waals surface area contributed by atoms with Gasteiger partial charge in [-0.1, -0.05) is 12.1 Å². The van der Waals surface area contributed by atoms with E-state index in [4.69, 9.17) is 14.2 Å². The van der Waals surface area contributed by atoms with Crippen molar-refractivity contribution in [2.75, 3.05) is 38.7 Å². The third-order valence-corrected chi connectivity index (χ3v) is 7.13. The Bertz CT molecular complexity index is 1290. The van der Waals surface area contributed by atoms with Crippen LogP contribution < -0.4 is 14.8 Å². The lowest BCUT2D eigenvalue weighted by atomic mass is 10.2. The lowest BCUT2D eigenvalue weighted by molar-refractivity contribution is -0.111. The number of benzene rings is 2. The fraction of sp³-hybridized carbons (Fsp3) is 0.200. The van der Waals surface area contributed by atoms with Crippen LogP contribution in [0.3, 0.4) is 0 Å². The van der Waals surface area contributed by atoms with Crippen molar-refractivity contribution in [1.29, 1.82) is 0 Å². The van der Waals surface area contributed by atoms with Gasteiger partial charge in [-0.2, -0.15) is 4.31 Å². The summed E-state index contributed by atoms with van der Waals surface area (Å²) in [5.41, 5.74) is 1.09. The van der Waals surface area contributed by atoms with E-state index in [1.165, 1.54) is 22.5 Å². The monoisotopic (exact) mass is 495 g/mol. The SMILES string of the molecule is COc1ccc(Oc2ncccc2NC(=O)/C=C/c2ccc(S(=O)(=O)N3CCOCC3)cc2)cc1. The molecule has 1 N–H and O–H groups in total. The second kappa shape index (κ2) is 11.1. The molecule has 1 aliphatic heterocycles. The fourth-order valence-corrected chi connectivity index (χ4v) is 4.76. The van der Waals surface area contributed by atoms with Crippen molar-refractivity contribution < 1.29 is 27.4 Å². The predicted molar refractivity (Wildman–Crippen MR) is 131 cm³/mol. The topological polar surface area (TPSA) is 107 Å². The van der Waals surface area contributed by atoms with Gasteiger partial charge in [0.25, 0.3) is 0 Å². The third kappa shape index (κ3) is 6.24. The molecule has 1 amide bonds. The summed E-state index contributed by atoms with van der Waals surface area (Å²) < 4.78 is 43.0. The van der Waals surface area contributed by atoms with Gasteiger partial charge >= 0.3 is 0 Å². The van der Waals surface area contributed by atoms with Crippen LogP contribution in [0.2, 0.25) is 0 Å². The first kappa shape index (κ1) is 24.4. The second-order valence-electron chi connectivity index (χ2n) is 7.54. The van der Waals surface area contributed by atoms with E-state index in [0.717, 1.165) is 0 Å². The molecule has 0 spiro atoms. The van der Waals surface area contributed by atoms with Crippen LogP contribution in [-0.4, -0.2) is 57.0 Å². The zero-order valence-corrected chi connectivity index (χ0v) is 19.9. The Morgan fingerprint density at radius 3 is 2.40 bits per heavy atom. The molecule has 0 bridgehead atoms. The van der Waals surface area contributed by atoms with Gasteiger partial charge in [-0.15, -0.1) is 0 Å². The molecule has 35 heavy (non-hydrogen) atoms. The van der Waals surface area contributed by atoms with E-state index >= 15 is 0 Å². The van der Waals surface area contributed by atoms with Gasteiger partial charge in [-0.25, -0.2) is 13.4 Å². The van der Waals surface area contributed by atoms with Crippen LogP contribution in [0.25, 0.3) is 6.08 Å². The molecule has 9 nitrogen and oxygen atoms in total. The molecule has 4 rings (SSSR count). The van der Waals surface area contributed by atoms with Crippen LogP contribution in [0.4, 0.5) is 5.69 Å². The summed E-state index contributed by atoms with van der Waals surface area (Å²) in [6.45, 7) is 1.45. The van der Waals surface area contributed by atoms with Gasteiger partial charge in [0.15, 0.2) is 0 Å². The minimum Gasteiger partial charge on any atom is -0.497 e. The predicted octanol–water partition coefficient (Wildman–Crippen LogP) is 3.56. The first-order valence-corrected chi connectivity index (χ1v) is 12.3. The maximum Gasteiger partial charge on any atom is 0.248 e. The van der Waals surface area contributed by atoms with Gasteiger partial charge in [0.2, 0.25) is 21.8 Å². The van der Waals surface area contributed by atoms with E-state index in [-0.39, 0.29) is 16.7 Å². The van der Waals surface area contributed by atoms with Gasteiger partial charge in [-0.3, -0.25) is 4.79 Å². The molecule has 1 saturated heterocycles. The van der Waals surface area contributed by atoms with Crippen LogP contribution in [-0.2, 0) is 19.6 Å². The standard InChI is InChI=1S/C25H25N3O6S/c1-32-20-7-9-21(10-8-20)34-25-23(3-2-14-26-25)27-24(29)13-6-19-4-11-22(12-5-19)35(30,31)28-15-17-33-18-16-28/h2-14H,15-18H2,1H3,(H,27,29)/b13-6+. The average Bonchev–Trinajstić information content (AvgIpc) is 2.90. The number of aromatic nitrogens is 1. The van der Waals surface area contributed by atoms with Crippen molar-refractivity contribution >= 4 is 27.7 Å². The van der Waals surface area contributed by atoms with E-state index in [1.54, 1.807) is 67.9 Å². The lowest BCUT2D eigenvalue weighted by Gasteiger charge is -2.26. The van der Waals surface area contributed by atoms with E-state index in [0.29, 0.717) is 49.1 Å². The number of ether oxygens (including phenoxy) is 3. The number of sulfonamides is 1. The van der Waals surface area contributed by atoms with E-state index < -0.39 is 10.0 Å². The minimum atomic E-state index is -3.56. The van der Waals surface area contributed by atoms with E-state index in [2.05, 4.69) is 10.3 Å². The number of amides is 1. The van der Waals surface area contributed by atoms with Crippen molar-refractivity contribution in [3.63, 3.8) is 0 Å². The zero-order chi connectivity index (χ0) is 24.7. The third-order valence-electron chi connectivity index (χ3n) is 5.22. The Labute approximate surface area is 204 Å². The van der Waals surface area contributed by atoms with Gasteiger partial charge in [0.1, 0.15) is 17.2 Å². The number of pyridine rings is 1. The maximum atomic E-state index is 12.7. The molecule has 1 fully saturated rings. The normalized spacial score (nSPS) is 14.5. The van der Waals surface area contributed by atoms with Gasteiger partial charge < -0.3 is 19.5 Å². The summed E-state index contributed by atoms with van der Waals surface area (Å²) in [5, 5.41) is 2.75. The van der Waals surface area contributed by atoms with Crippen molar-refractivity contribution in [2.24, 2.45) is 0 Å². The Balaban J connectivity index is 1.39. The molecule has 2 heterocycles. The largest absolute Gasteiger partial charge is 0.497 e. The Hall–Kier alpha value is -3.73. The van der Waals surface area contributed by atoms with Crippen molar-refractivity contribution in [3.05, 3.63) is 78.5 Å². The molecule has 0 unspecified atom stereocenters. The first-order chi connectivity index (χ1) is 17.0. The van der Waals surface area contributed by atoms with Gasteiger partial charge in [-0.05, 0) is 60.2 Å². The molecule has 0 radical (unpaired) electrons. The van der Waals surface area contributed by atoms with Gasteiger partial charge in [0.05, 0.1) is 25.2 Å². The number of anilines is 1. The van der Waals surface area contributed by atoms with Crippen molar-refractivity contribution in [3.8, 4) is 17.4 Å². The zero-order valence-electron chi connectivity index (χ0n) is 19.1. The average molecular weight is 496 g/mol. The molecule has 0 aliphatic carbocycles. The van der Waals surface area contributed by atoms with E-state index in [1.807, 2.05) is 0 Å². The number of hydrogen-bond donors (Lipinski definition) is 1. The highest BCUT2D eigenvalue weighted by Crippen LogP contribution is 2.28. The number of hydrogen-bond acceptors (Lipinski definition) is 7. The highest BCUT2D eigenvalue weighted by atomic mass is 32.2. The van der Waals surface area contributed by atoms with Gasteiger partial charge in [0, 0.05) is 25.4 Å². The molecule has 1 aromatic heterocycles. The summed E-state index contributed by atoms with van der Waals surface area (Å²) in [5.74, 6) is 1.10. The number of carbonyl (C=O) groups excluding carboxylic acids is 1. The summed E-state index contributed by atoms with van der Waals surface area (Å²) in [7, 11) is -1.98. The first-order valence-electron chi connectivity index (χ1n) is 10.9. The van der Waals surface area contributed by atoms with Crippen molar-refractivity contribution in [2.45, 2.75) is 4.90 Å². The molecule has 2 aromatic carbocycles. The van der Waals surface area contributed by atoms with Crippen LogP contribution in [0.15, 0.2) is 77.8 Å². The van der Waals surface area contributed by atoms with Crippen LogP contribution in [0.1, 0.15) is 5.56 Å². The Kier molecular flexibility index (Phi) is 7.76. The molecular formula is C25H25N3O6S. The molecule has 0 atom stereocenters. The number of nitrogens with one attached hydrogen (secondary N) is 1. The highest BCUT2D eigenvalue weighted by Gasteiger charge is 2.25. The summed E-state index contributed by atoms with van der Waals surface area (Å²) in [4.78, 5) is 16.9. The van der Waals surface area contributed by atoms with Crippen molar-refractivity contribution in [1.82, 2.24) is 9.29 Å². The molecule has 0 saturated carbocycles. The molecule has 1 aliphatic rings.